The molecule has 1 aromatic rings. The fourth-order valence-corrected chi connectivity index (χ4v) is 6.26. The Hall–Kier alpha value is -2.57. The zero-order chi connectivity index (χ0) is 24.1. The molecular formula is C27H40N4O3. The molecule has 0 radical (unpaired) electrons. The SMILES string of the molecule is COc1ccccc1C(=O)NC1CCCC(CC2(CCC3CCCCC3)N=C(N)N(C)C2=O)C1. The summed E-state index contributed by atoms with van der Waals surface area (Å²) in [5.41, 5.74) is 5.95. The lowest BCUT2D eigenvalue weighted by Crippen LogP contribution is -2.45. The first-order valence-electron chi connectivity index (χ1n) is 13.0. The van der Waals surface area contributed by atoms with Gasteiger partial charge in [-0.3, -0.25) is 14.5 Å². The van der Waals surface area contributed by atoms with Crippen LogP contribution in [0.2, 0.25) is 0 Å². The van der Waals surface area contributed by atoms with Crippen molar-refractivity contribution >= 4 is 17.8 Å². The van der Waals surface area contributed by atoms with Crippen molar-refractivity contribution in [2.24, 2.45) is 22.6 Å². The van der Waals surface area contributed by atoms with E-state index < -0.39 is 5.54 Å². The Morgan fingerprint density at radius 2 is 1.88 bits per heavy atom. The van der Waals surface area contributed by atoms with E-state index in [-0.39, 0.29) is 17.9 Å². The summed E-state index contributed by atoms with van der Waals surface area (Å²) in [5, 5.41) is 3.21. The number of rotatable bonds is 8. The molecule has 0 saturated heterocycles. The standard InChI is InChI=1S/C27H40N4O3/c1-31-25(33)27(30-26(31)28,16-15-19-9-4-3-5-10-19)18-20-11-8-12-21(17-20)29-24(32)22-13-6-7-14-23(22)34-2/h6-7,13-14,19-21H,3-5,8-12,15-18H2,1-2H3,(H2,28,30)(H,29,32). The van der Waals surface area contributed by atoms with Crippen molar-refractivity contribution in [3.05, 3.63) is 29.8 Å². The highest BCUT2D eigenvalue weighted by Crippen LogP contribution is 2.40. The van der Waals surface area contributed by atoms with Gasteiger partial charge in [0.05, 0.1) is 12.7 Å². The van der Waals surface area contributed by atoms with E-state index in [4.69, 9.17) is 15.5 Å². The number of nitrogens with two attached hydrogens (primary N) is 1. The number of benzene rings is 1. The molecule has 0 aromatic heterocycles. The van der Waals surface area contributed by atoms with E-state index in [9.17, 15) is 9.59 Å². The summed E-state index contributed by atoms with van der Waals surface area (Å²) in [6.07, 6.45) is 12.9. The highest BCUT2D eigenvalue weighted by Gasteiger charge is 2.48. The number of nitrogens with one attached hydrogen (secondary N) is 1. The summed E-state index contributed by atoms with van der Waals surface area (Å²) in [7, 11) is 3.32. The van der Waals surface area contributed by atoms with E-state index in [0.29, 0.717) is 35.5 Å². The van der Waals surface area contributed by atoms with Crippen molar-refractivity contribution in [2.75, 3.05) is 14.2 Å². The molecule has 3 N–H and O–H groups in total. The van der Waals surface area contributed by atoms with Gasteiger partial charge >= 0.3 is 0 Å². The number of carbonyl (C=O) groups excluding carboxylic acids is 2. The highest BCUT2D eigenvalue weighted by molar-refractivity contribution is 6.06. The summed E-state index contributed by atoms with van der Waals surface area (Å²) < 4.78 is 5.36. The van der Waals surface area contributed by atoms with Gasteiger partial charge in [0.2, 0.25) is 0 Å². The largest absolute Gasteiger partial charge is 0.496 e. The zero-order valence-electron chi connectivity index (χ0n) is 20.7. The summed E-state index contributed by atoms with van der Waals surface area (Å²) in [6, 6.07) is 7.39. The summed E-state index contributed by atoms with van der Waals surface area (Å²) in [6.45, 7) is 0. The van der Waals surface area contributed by atoms with Gasteiger partial charge in [-0.1, -0.05) is 57.1 Å². The van der Waals surface area contributed by atoms with E-state index >= 15 is 0 Å². The van der Waals surface area contributed by atoms with Gasteiger partial charge < -0.3 is 15.8 Å². The van der Waals surface area contributed by atoms with Crippen LogP contribution in [0.25, 0.3) is 0 Å². The van der Waals surface area contributed by atoms with Crippen LogP contribution in [0.4, 0.5) is 0 Å². The van der Waals surface area contributed by atoms with Crippen molar-refractivity contribution in [2.45, 2.75) is 88.6 Å². The second kappa shape index (κ2) is 10.8. The molecule has 2 amide bonds. The average Bonchev–Trinajstić information content (AvgIpc) is 3.07. The number of ether oxygens (including phenoxy) is 1. The Labute approximate surface area is 203 Å². The first-order chi connectivity index (χ1) is 16.4. The minimum Gasteiger partial charge on any atom is -0.496 e. The molecule has 1 heterocycles. The number of amides is 2. The smallest absolute Gasteiger partial charge is 0.257 e. The van der Waals surface area contributed by atoms with Crippen LogP contribution in [-0.4, -0.2) is 48.4 Å². The van der Waals surface area contributed by atoms with Crippen LogP contribution in [0.1, 0.15) is 87.4 Å². The topological polar surface area (TPSA) is 97.0 Å². The number of hydrogen-bond donors (Lipinski definition) is 2. The third-order valence-corrected chi connectivity index (χ3v) is 8.16. The Morgan fingerprint density at radius 1 is 1.15 bits per heavy atom. The molecule has 0 spiro atoms. The second-order valence-electron chi connectivity index (χ2n) is 10.5. The van der Waals surface area contributed by atoms with Crippen molar-refractivity contribution < 1.29 is 14.3 Å². The molecule has 34 heavy (non-hydrogen) atoms. The Bertz CT molecular complexity index is 911. The number of aliphatic imine (C=N–C) groups is 1. The van der Waals surface area contributed by atoms with E-state index in [1.807, 2.05) is 12.1 Å². The van der Waals surface area contributed by atoms with E-state index in [1.54, 1.807) is 26.3 Å². The van der Waals surface area contributed by atoms with Crippen molar-refractivity contribution in [3.8, 4) is 5.75 Å². The summed E-state index contributed by atoms with van der Waals surface area (Å²) in [5.74, 6) is 1.88. The molecule has 2 fully saturated rings. The number of guanidine groups is 1. The maximum Gasteiger partial charge on any atom is 0.257 e. The number of nitrogens with zero attached hydrogens (tertiary/aromatic N) is 2. The molecule has 4 rings (SSSR count). The molecule has 2 aliphatic carbocycles. The van der Waals surface area contributed by atoms with Crippen LogP contribution in [-0.2, 0) is 4.79 Å². The number of para-hydroxylation sites is 1. The van der Waals surface area contributed by atoms with Gasteiger partial charge in [-0.05, 0) is 56.1 Å². The van der Waals surface area contributed by atoms with Gasteiger partial charge in [0, 0.05) is 13.1 Å². The van der Waals surface area contributed by atoms with E-state index in [0.717, 1.165) is 38.5 Å². The Balaban J connectivity index is 1.42. The maximum atomic E-state index is 13.3. The van der Waals surface area contributed by atoms with Crippen LogP contribution in [0.15, 0.2) is 29.3 Å². The number of methoxy groups -OCH3 is 1. The average molecular weight is 469 g/mol. The maximum absolute atomic E-state index is 13.3. The molecule has 3 unspecified atom stereocenters. The predicted molar refractivity (Wildman–Crippen MR) is 134 cm³/mol. The molecule has 3 atom stereocenters. The molecule has 2 saturated carbocycles. The molecule has 1 aliphatic heterocycles. The van der Waals surface area contributed by atoms with Crippen LogP contribution in [0, 0.1) is 11.8 Å². The van der Waals surface area contributed by atoms with Crippen LogP contribution in [0.5, 0.6) is 5.75 Å². The fraction of sp³-hybridized carbons (Fsp3) is 0.667. The second-order valence-corrected chi connectivity index (χ2v) is 10.5. The van der Waals surface area contributed by atoms with Crippen molar-refractivity contribution in [1.82, 2.24) is 10.2 Å². The minimum absolute atomic E-state index is 0.0426. The third-order valence-electron chi connectivity index (χ3n) is 8.16. The van der Waals surface area contributed by atoms with Gasteiger partial charge in [-0.15, -0.1) is 0 Å². The van der Waals surface area contributed by atoms with Gasteiger partial charge in [0.25, 0.3) is 11.8 Å². The monoisotopic (exact) mass is 468 g/mol. The van der Waals surface area contributed by atoms with E-state index in [1.165, 1.54) is 37.0 Å². The first-order valence-corrected chi connectivity index (χ1v) is 13.0. The first kappa shape index (κ1) is 24.6. The summed E-state index contributed by atoms with van der Waals surface area (Å²) >= 11 is 0. The predicted octanol–water partition coefficient (Wildman–Crippen LogP) is 4.26. The molecule has 1 aromatic carbocycles. The highest BCUT2D eigenvalue weighted by atomic mass is 16.5. The molecule has 7 heteroatoms. The summed E-state index contributed by atoms with van der Waals surface area (Å²) in [4.78, 5) is 32.6. The minimum atomic E-state index is -0.741. The van der Waals surface area contributed by atoms with Crippen LogP contribution >= 0.6 is 0 Å². The molecule has 3 aliphatic rings. The number of carbonyl (C=O) groups is 2. The number of likely N-dealkylation sites (N-methyl/N-ethyl adjacent to an activating group) is 1. The lowest BCUT2D eigenvalue weighted by atomic mass is 9.74. The third kappa shape index (κ3) is 5.39. The Morgan fingerprint density at radius 3 is 2.59 bits per heavy atom. The van der Waals surface area contributed by atoms with E-state index in [2.05, 4.69) is 5.32 Å². The van der Waals surface area contributed by atoms with Crippen molar-refractivity contribution in [1.29, 1.82) is 0 Å². The van der Waals surface area contributed by atoms with Crippen LogP contribution < -0.4 is 15.8 Å². The Kier molecular flexibility index (Phi) is 7.79. The lowest BCUT2D eigenvalue weighted by molar-refractivity contribution is -0.131. The van der Waals surface area contributed by atoms with Gasteiger partial charge in [-0.25, -0.2) is 4.99 Å². The van der Waals surface area contributed by atoms with Gasteiger partial charge in [-0.2, -0.15) is 0 Å². The quantitative estimate of drug-likeness (QED) is 0.596. The normalized spacial score (nSPS) is 28.0. The number of hydrogen-bond acceptors (Lipinski definition) is 5. The van der Waals surface area contributed by atoms with Gasteiger partial charge in [0.15, 0.2) is 5.96 Å². The molecule has 0 bridgehead atoms. The van der Waals surface area contributed by atoms with Crippen LogP contribution in [0.3, 0.4) is 0 Å². The van der Waals surface area contributed by atoms with Gasteiger partial charge in [0.1, 0.15) is 11.3 Å². The lowest BCUT2D eigenvalue weighted by Gasteiger charge is -2.35. The molecular weight excluding hydrogens is 428 g/mol. The van der Waals surface area contributed by atoms with Crippen molar-refractivity contribution in [3.63, 3.8) is 0 Å². The molecule has 7 nitrogen and oxygen atoms in total. The fourth-order valence-electron chi connectivity index (χ4n) is 6.26. The zero-order valence-corrected chi connectivity index (χ0v) is 20.7. The molecule has 186 valence electrons.